The fourth-order valence-corrected chi connectivity index (χ4v) is 1.44. The summed E-state index contributed by atoms with van der Waals surface area (Å²) >= 11 is 0. The molecule has 0 aromatic rings. The monoisotopic (exact) mass is 199 g/mol. The molecule has 1 fully saturated rings. The summed E-state index contributed by atoms with van der Waals surface area (Å²) in [5.41, 5.74) is 4.99. The zero-order valence-electron chi connectivity index (χ0n) is 8.49. The van der Waals surface area contributed by atoms with Crippen LogP contribution in [0.15, 0.2) is 0 Å². The highest BCUT2D eigenvalue weighted by molar-refractivity contribution is 5.95. The van der Waals surface area contributed by atoms with Gasteiger partial charge in [-0.2, -0.15) is 0 Å². The van der Waals surface area contributed by atoms with Gasteiger partial charge in [0.25, 0.3) is 0 Å². The molecule has 1 aliphatic heterocycles. The fraction of sp³-hybridized carbons (Fsp3) is 0.800. The first-order chi connectivity index (χ1) is 6.66. The predicted molar refractivity (Wildman–Crippen MR) is 51.6 cm³/mol. The third-order valence-corrected chi connectivity index (χ3v) is 2.37. The van der Waals surface area contributed by atoms with Crippen LogP contribution in [-0.2, 0) is 14.3 Å². The molecular weight excluding hydrogens is 182 g/mol. The molecule has 0 aromatic heterocycles. The fourth-order valence-electron chi connectivity index (χ4n) is 1.44. The summed E-state index contributed by atoms with van der Waals surface area (Å²) < 4.78 is 4.87. The minimum Gasteiger partial charge on any atom is -0.367 e. The molecule has 0 aromatic carbocycles. The summed E-state index contributed by atoms with van der Waals surface area (Å²) in [5.74, 6) is -0.512. The molecule has 0 bridgehead atoms. The van der Waals surface area contributed by atoms with Gasteiger partial charge in [0.1, 0.15) is 0 Å². The number of Topliss-reactive ketones (excluding diaryl/α,β-unsaturated/α-hetero) is 1. The molecule has 0 spiro atoms. The molecule has 14 heavy (non-hydrogen) atoms. The number of ether oxygens (including phenoxy) is 1. The van der Waals surface area contributed by atoms with Crippen LogP contribution in [0.1, 0.15) is 39.0 Å². The number of epoxide rings is 1. The lowest BCUT2D eigenvalue weighted by molar-refractivity contribution is -0.121. The van der Waals surface area contributed by atoms with E-state index in [1.807, 2.05) is 0 Å². The molecule has 1 amide bonds. The van der Waals surface area contributed by atoms with Crippen LogP contribution in [0.25, 0.3) is 0 Å². The van der Waals surface area contributed by atoms with E-state index < -0.39 is 18.1 Å². The Hall–Kier alpha value is -0.900. The molecule has 2 N–H and O–H groups in total. The summed E-state index contributed by atoms with van der Waals surface area (Å²) in [6.07, 6.45) is 3.58. The molecule has 80 valence electrons. The van der Waals surface area contributed by atoms with Crippen molar-refractivity contribution in [2.45, 2.75) is 51.2 Å². The molecule has 1 saturated heterocycles. The average Bonchev–Trinajstić information content (AvgIpc) is 2.91. The van der Waals surface area contributed by atoms with Crippen LogP contribution in [0.3, 0.4) is 0 Å². The molecular formula is C10H17NO3. The zero-order valence-corrected chi connectivity index (χ0v) is 8.49. The molecule has 0 radical (unpaired) electrons. The molecule has 2 atom stereocenters. The standard InChI is InChI=1S/C10H17NO3/c1-2-3-4-5-6-7(12)8-9(14-8)10(11)13/h8-9H,2-6H2,1H3,(H2,11,13)/t8-,9-/m1/s1. The Bertz CT molecular complexity index is 227. The summed E-state index contributed by atoms with van der Waals surface area (Å²) in [6, 6.07) is 0. The Labute approximate surface area is 83.8 Å². The van der Waals surface area contributed by atoms with Crippen LogP contribution in [0.4, 0.5) is 0 Å². The highest BCUT2D eigenvalue weighted by atomic mass is 16.6. The van der Waals surface area contributed by atoms with Crippen LogP contribution < -0.4 is 5.73 Å². The minimum absolute atomic E-state index is 0.0184. The van der Waals surface area contributed by atoms with Gasteiger partial charge in [-0.3, -0.25) is 9.59 Å². The summed E-state index contributed by atoms with van der Waals surface area (Å²) in [5, 5.41) is 0. The van der Waals surface area contributed by atoms with E-state index in [4.69, 9.17) is 10.5 Å². The first-order valence-corrected chi connectivity index (χ1v) is 5.14. The van der Waals surface area contributed by atoms with Gasteiger partial charge in [0.05, 0.1) is 0 Å². The van der Waals surface area contributed by atoms with Gasteiger partial charge < -0.3 is 10.5 Å². The average molecular weight is 199 g/mol. The van der Waals surface area contributed by atoms with E-state index in [0.29, 0.717) is 6.42 Å². The zero-order chi connectivity index (χ0) is 10.6. The van der Waals surface area contributed by atoms with Gasteiger partial charge in [-0.25, -0.2) is 0 Å². The van der Waals surface area contributed by atoms with E-state index in [2.05, 4.69) is 6.92 Å². The van der Waals surface area contributed by atoms with Crippen LogP contribution >= 0.6 is 0 Å². The van der Waals surface area contributed by atoms with Crippen LogP contribution in [0.5, 0.6) is 0 Å². The molecule has 4 heteroatoms. The number of hydrogen-bond acceptors (Lipinski definition) is 3. The van der Waals surface area contributed by atoms with Crippen molar-refractivity contribution in [3.05, 3.63) is 0 Å². The minimum atomic E-state index is -0.645. The highest BCUT2D eigenvalue weighted by Gasteiger charge is 2.48. The van der Waals surface area contributed by atoms with Gasteiger partial charge >= 0.3 is 0 Å². The number of nitrogens with two attached hydrogens (primary N) is 1. The lowest BCUT2D eigenvalue weighted by atomic mass is 10.1. The third kappa shape index (κ3) is 3.10. The topological polar surface area (TPSA) is 72.7 Å². The lowest BCUT2D eigenvalue weighted by Crippen LogP contribution is -2.22. The van der Waals surface area contributed by atoms with E-state index in [-0.39, 0.29) is 5.78 Å². The molecule has 0 unspecified atom stereocenters. The Kier molecular flexibility index (Phi) is 4.07. The highest BCUT2D eigenvalue weighted by Crippen LogP contribution is 2.24. The van der Waals surface area contributed by atoms with Gasteiger partial charge in [-0.05, 0) is 6.42 Å². The maximum Gasteiger partial charge on any atom is 0.249 e. The number of unbranched alkanes of at least 4 members (excludes halogenated alkanes) is 3. The lowest BCUT2D eigenvalue weighted by Gasteiger charge is -1.96. The molecule has 1 aliphatic rings. The Morgan fingerprint density at radius 2 is 1.93 bits per heavy atom. The largest absolute Gasteiger partial charge is 0.367 e. The first kappa shape index (κ1) is 11.2. The van der Waals surface area contributed by atoms with Gasteiger partial charge in [0, 0.05) is 6.42 Å². The van der Waals surface area contributed by atoms with Gasteiger partial charge in [0.15, 0.2) is 18.0 Å². The SMILES string of the molecule is CCCCCCC(=O)[C@H]1O[C@H]1C(N)=O. The number of primary amides is 1. The third-order valence-electron chi connectivity index (χ3n) is 2.37. The quantitative estimate of drug-likeness (QED) is 0.486. The maximum absolute atomic E-state index is 11.4. The number of ketones is 1. The van der Waals surface area contributed by atoms with Gasteiger partial charge in [-0.15, -0.1) is 0 Å². The number of carbonyl (C=O) groups is 2. The number of hydrogen-bond donors (Lipinski definition) is 1. The maximum atomic E-state index is 11.4. The second-order valence-corrected chi connectivity index (χ2v) is 3.66. The normalized spacial score (nSPS) is 24.6. The van der Waals surface area contributed by atoms with Gasteiger partial charge in [-0.1, -0.05) is 26.2 Å². The van der Waals surface area contributed by atoms with E-state index in [0.717, 1.165) is 25.7 Å². The molecule has 1 heterocycles. The molecule has 1 rings (SSSR count). The van der Waals surface area contributed by atoms with Crippen LogP contribution in [0, 0.1) is 0 Å². The molecule has 4 nitrogen and oxygen atoms in total. The first-order valence-electron chi connectivity index (χ1n) is 5.14. The van der Waals surface area contributed by atoms with Crippen molar-refractivity contribution in [2.24, 2.45) is 5.73 Å². The van der Waals surface area contributed by atoms with E-state index >= 15 is 0 Å². The van der Waals surface area contributed by atoms with Crippen molar-refractivity contribution in [3.63, 3.8) is 0 Å². The molecule has 0 saturated carbocycles. The smallest absolute Gasteiger partial charge is 0.249 e. The summed E-state index contributed by atoms with van der Waals surface area (Å²) in [4.78, 5) is 21.9. The van der Waals surface area contributed by atoms with Crippen molar-refractivity contribution >= 4 is 11.7 Å². The molecule has 0 aliphatic carbocycles. The second-order valence-electron chi connectivity index (χ2n) is 3.66. The van der Waals surface area contributed by atoms with Crippen molar-refractivity contribution in [3.8, 4) is 0 Å². The Morgan fingerprint density at radius 1 is 1.21 bits per heavy atom. The van der Waals surface area contributed by atoms with E-state index in [9.17, 15) is 9.59 Å². The number of amides is 1. The Balaban J connectivity index is 2.09. The number of carbonyl (C=O) groups excluding carboxylic acids is 2. The van der Waals surface area contributed by atoms with Gasteiger partial charge in [0.2, 0.25) is 5.91 Å². The van der Waals surface area contributed by atoms with E-state index in [1.54, 1.807) is 0 Å². The summed E-state index contributed by atoms with van der Waals surface area (Å²) in [7, 11) is 0. The van der Waals surface area contributed by atoms with Crippen molar-refractivity contribution in [1.82, 2.24) is 0 Å². The predicted octanol–water partition coefficient (Wildman–Crippen LogP) is 0.779. The summed E-state index contributed by atoms with van der Waals surface area (Å²) in [6.45, 7) is 2.12. The second kappa shape index (κ2) is 5.10. The van der Waals surface area contributed by atoms with Crippen molar-refractivity contribution in [1.29, 1.82) is 0 Å². The van der Waals surface area contributed by atoms with Crippen LogP contribution in [0.2, 0.25) is 0 Å². The number of rotatable bonds is 7. The van der Waals surface area contributed by atoms with E-state index in [1.165, 1.54) is 0 Å². The van der Waals surface area contributed by atoms with Crippen molar-refractivity contribution < 1.29 is 14.3 Å². The van der Waals surface area contributed by atoms with Crippen molar-refractivity contribution in [2.75, 3.05) is 0 Å². The van der Waals surface area contributed by atoms with Crippen LogP contribution in [-0.4, -0.2) is 23.9 Å². The Morgan fingerprint density at radius 3 is 2.43 bits per heavy atom.